The fourth-order valence-corrected chi connectivity index (χ4v) is 5.29. The predicted octanol–water partition coefficient (Wildman–Crippen LogP) is 1.49. The first-order valence-electron chi connectivity index (χ1n) is 8.77. The molecular weight excluding hydrogens is 326 g/mol. The molecule has 1 spiro atoms. The van der Waals surface area contributed by atoms with Gasteiger partial charge in [0.2, 0.25) is 10.0 Å². The Morgan fingerprint density at radius 2 is 2.17 bits per heavy atom. The summed E-state index contributed by atoms with van der Waals surface area (Å²) in [7, 11) is -3.16. The summed E-state index contributed by atoms with van der Waals surface area (Å²) < 4.78 is 32.6. The molecule has 0 N–H and O–H groups in total. The lowest BCUT2D eigenvalue weighted by Crippen LogP contribution is -2.60. The van der Waals surface area contributed by atoms with Crippen LogP contribution in [-0.2, 0) is 21.3 Å². The van der Waals surface area contributed by atoms with E-state index in [0.29, 0.717) is 26.1 Å². The van der Waals surface area contributed by atoms with E-state index in [0.717, 1.165) is 38.2 Å². The molecule has 3 rings (SSSR count). The van der Waals surface area contributed by atoms with Crippen LogP contribution in [0.1, 0.15) is 31.9 Å². The zero-order valence-corrected chi connectivity index (χ0v) is 15.2. The van der Waals surface area contributed by atoms with Gasteiger partial charge >= 0.3 is 0 Å². The van der Waals surface area contributed by atoms with Crippen molar-refractivity contribution in [1.29, 1.82) is 0 Å². The third-order valence-electron chi connectivity index (χ3n) is 4.80. The number of hydrogen-bond donors (Lipinski definition) is 0. The molecule has 0 amide bonds. The Morgan fingerprint density at radius 3 is 2.92 bits per heavy atom. The summed E-state index contributed by atoms with van der Waals surface area (Å²) in [6, 6.07) is 5.95. The van der Waals surface area contributed by atoms with Crippen molar-refractivity contribution in [2.75, 3.05) is 38.5 Å². The largest absolute Gasteiger partial charge is 0.371 e. The summed E-state index contributed by atoms with van der Waals surface area (Å²) in [5.74, 6) is 0.223. The highest BCUT2D eigenvalue weighted by Gasteiger charge is 2.43. The van der Waals surface area contributed by atoms with Gasteiger partial charge in [0, 0.05) is 32.4 Å². The van der Waals surface area contributed by atoms with Crippen molar-refractivity contribution < 1.29 is 13.2 Å². The number of sulfonamides is 1. The minimum absolute atomic E-state index is 0.223. The molecule has 7 heteroatoms. The van der Waals surface area contributed by atoms with Gasteiger partial charge in [-0.05, 0) is 37.9 Å². The molecule has 2 fully saturated rings. The van der Waals surface area contributed by atoms with E-state index in [9.17, 15) is 8.42 Å². The maximum atomic E-state index is 12.4. The Balaban J connectivity index is 1.68. The number of ether oxygens (including phenoxy) is 1. The molecule has 0 aliphatic carbocycles. The van der Waals surface area contributed by atoms with E-state index in [1.54, 1.807) is 4.31 Å². The van der Waals surface area contributed by atoms with Gasteiger partial charge in [0.05, 0.1) is 23.7 Å². The Kier molecular flexibility index (Phi) is 5.54. The molecule has 0 bridgehead atoms. The van der Waals surface area contributed by atoms with E-state index in [4.69, 9.17) is 4.74 Å². The lowest BCUT2D eigenvalue weighted by Gasteiger charge is -2.47. The molecule has 1 aromatic heterocycles. The molecule has 1 atom stereocenters. The van der Waals surface area contributed by atoms with E-state index in [2.05, 4.69) is 9.88 Å². The van der Waals surface area contributed by atoms with Crippen LogP contribution in [0.3, 0.4) is 0 Å². The van der Waals surface area contributed by atoms with E-state index in [1.165, 1.54) is 0 Å². The highest BCUT2D eigenvalue weighted by atomic mass is 32.2. The first kappa shape index (κ1) is 17.8. The van der Waals surface area contributed by atoms with Crippen molar-refractivity contribution in [3.63, 3.8) is 0 Å². The second-order valence-electron chi connectivity index (χ2n) is 6.82. The number of rotatable bonds is 5. The van der Waals surface area contributed by atoms with Gasteiger partial charge in [-0.2, -0.15) is 4.31 Å². The van der Waals surface area contributed by atoms with Crippen molar-refractivity contribution >= 4 is 10.0 Å². The first-order chi connectivity index (χ1) is 11.5. The third-order valence-corrected chi connectivity index (χ3v) is 6.82. The van der Waals surface area contributed by atoms with Gasteiger partial charge in [0.25, 0.3) is 0 Å². The number of piperidine rings is 1. The maximum absolute atomic E-state index is 12.4. The second-order valence-corrected chi connectivity index (χ2v) is 8.90. The number of nitrogens with zero attached hydrogens (tertiary/aromatic N) is 3. The normalized spacial score (nSPS) is 26.7. The molecule has 0 saturated carbocycles. The van der Waals surface area contributed by atoms with Crippen LogP contribution in [0.5, 0.6) is 0 Å². The highest BCUT2D eigenvalue weighted by molar-refractivity contribution is 7.89. The second kappa shape index (κ2) is 7.47. The minimum Gasteiger partial charge on any atom is -0.371 e. The zero-order chi connectivity index (χ0) is 17.0. The standard InChI is InChI=1S/C17H27N3O3S/c1-2-12-24(21,22)20-10-11-23-17(15-20)7-5-9-19(14-17)13-16-6-3-4-8-18-16/h3-4,6,8H,2,5,7,9-15H2,1H3/t17-/m0/s1. The van der Waals surface area contributed by atoms with Crippen molar-refractivity contribution in [2.24, 2.45) is 0 Å². The summed E-state index contributed by atoms with van der Waals surface area (Å²) in [5, 5.41) is 0. The molecule has 2 aliphatic heterocycles. The van der Waals surface area contributed by atoms with E-state index in [1.807, 2.05) is 31.3 Å². The van der Waals surface area contributed by atoms with Crippen LogP contribution in [0.4, 0.5) is 0 Å². The fourth-order valence-electron chi connectivity index (χ4n) is 3.73. The van der Waals surface area contributed by atoms with Crippen molar-refractivity contribution in [3.8, 4) is 0 Å². The minimum atomic E-state index is -3.16. The fraction of sp³-hybridized carbons (Fsp3) is 0.706. The van der Waals surface area contributed by atoms with Gasteiger partial charge in [-0.1, -0.05) is 13.0 Å². The van der Waals surface area contributed by atoms with Crippen LogP contribution >= 0.6 is 0 Å². The van der Waals surface area contributed by atoms with E-state index in [-0.39, 0.29) is 11.4 Å². The third kappa shape index (κ3) is 4.14. The monoisotopic (exact) mass is 353 g/mol. The molecule has 3 heterocycles. The van der Waals surface area contributed by atoms with Gasteiger partial charge in [-0.15, -0.1) is 0 Å². The van der Waals surface area contributed by atoms with Crippen molar-refractivity contribution in [1.82, 2.24) is 14.2 Å². The predicted molar refractivity (Wildman–Crippen MR) is 93.1 cm³/mol. The smallest absolute Gasteiger partial charge is 0.214 e. The number of pyridine rings is 1. The Bertz CT molecular complexity index is 634. The number of likely N-dealkylation sites (tertiary alicyclic amines) is 1. The molecule has 0 radical (unpaired) electrons. The van der Waals surface area contributed by atoms with Crippen LogP contribution in [0.25, 0.3) is 0 Å². The van der Waals surface area contributed by atoms with Crippen LogP contribution in [0.15, 0.2) is 24.4 Å². The summed E-state index contributed by atoms with van der Waals surface area (Å²) in [6.45, 7) is 5.90. The maximum Gasteiger partial charge on any atom is 0.214 e. The highest BCUT2D eigenvalue weighted by Crippen LogP contribution is 2.30. The zero-order valence-electron chi connectivity index (χ0n) is 14.4. The topological polar surface area (TPSA) is 62.7 Å². The molecule has 0 unspecified atom stereocenters. The molecule has 2 saturated heterocycles. The van der Waals surface area contributed by atoms with Crippen molar-refractivity contribution in [3.05, 3.63) is 30.1 Å². The quantitative estimate of drug-likeness (QED) is 0.802. The summed E-state index contributed by atoms with van der Waals surface area (Å²) in [6.07, 6.45) is 4.40. The van der Waals surface area contributed by atoms with E-state index < -0.39 is 10.0 Å². The average Bonchev–Trinajstić information content (AvgIpc) is 2.56. The van der Waals surface area contributed by atoms with Gasteiger partial charge < -0.3 is 4.74 Å². The summed E-state index contributed by atoms with van der Waals surface area (Å²) >= 11 is 0. The van der Waals surface area contributed by atoms with Crippen molar-refractivity contribution in [2.45, 2.75) is 38.3 Å². The lowest BCUT2D eigenvalue weighted by atomic mass is 9.91. The SMILES string of the molecule is CCCS(=O)(=O)N1CCO[C@]2(CCCN(Cc3ccccn3)C2)C1. The lowest BCUT2D eigenvalue weighted by molar-refractivity contribution is -0.125. The van der Waals surface area contributed by atoms with Gasteiger partial charge in [-0.25, -0.2) is 8.42 Å². The van der Waals surface area contributed by atoms with Gasteiger partial charge in [0.15, 0.2) is 0 Å². The molecule has 1 aromatic rings. The Hall–Kier alpha value is -1.02. The molecule has 134 valence electrons. The number of hydrogen-bond acceptors (Lipinski definition) is 5. The molecular formula is C17H27N3O3S. The van der Waals surface area contributed by atoms with E-state index >= 15 is 0 Å². The summed E-state index contributed by atoms with van der Waals surface area (Å²) in [4.78, 5) is 6.73. The number of morpholine rings is 1. The van der Waals surface area contributed by atoms with Crippen LogP contribution in [0.2, 0.25) is 0 Å². The first-order valence-corrected chi connectivity index (χ1v) is 10.4. The Morgan fingerprint density at radius 1 is 1.29 bits per heavy atom. The molecule has 24 heavy (non-hydrogen) atoms. The number of aromatic nitrogens is 1. The van der Waals surface area contributed by atoms with Gasteiger partial charge in [0.1, 0.15) is 0 Å². The van der Waals surface area contributed by atoms with Crippen LogP contribution in [-0.4, -0.2) is 66.7 Å². The van der Waals surface area contributed by atoms with Gasteiger partial charge in [-0.3, -0.25) is 9.88 Å². The molecule has 6 nitrogen and oxygen atoms in total. The van der Waals surface area contributed by atoms with Crippen LogP contribution < -0.4 is 0 Å². The molecule has 2 aliphatic rings. The summed E-state index contributed by atoms with van der Waals surface area (Å²) in [5.41, 5.74) is 0.673. The van der Waals surface area contributed by atoms with Crippen LogP contribution in [0, 0.1) is 0 Å². The Labute approximate surface area is 144 Å². The molecule has 0 aromatic carbocycles. The average molecular weight is 353 g/mol.